The fourth-order valence-electron chi connectivity index (χ4n) is 2.76. The third kappa shape index (κ3) is 3.13. The average Bonchev–Trinajstić information content (AvgIpc) is 2.96. The van der Waals surface area contributed by atoms with E-state index in [2.05, 4.69) is 4.98 Å². The van der Waals surface area contributed by atoms with E-state index >= 15 is 0 Å². The molecule has 0 atom stereocenters. The maximum atomic E-state index is 12.5. The zero-order chi connectivity index (χ0) is 18.1. The van der Waals surface area contributed by atoms with E-state index < -0.39 is 6.09 Å². The number of hydrogen-bond donors (Lipinski definition) is 0. The van der Waals surface area contributed by atoms with Gasteiger partial charge in [0.2, 0.25) is 0 Å². The zero-order valence-electron chi connectivity index (χ0n) is 13.9. The number of fused-ring (bicyclic) bond motifs is 3. The maximum absolute atomic E-state index is 12.5. The number of ether oxygens (including phenoxy) is 2. The molecule has 2 heterocycles. The Bertz CT molecular complexity index is 973. The summed E-state index contributed by atoms with van der Waals surface area (Å²) in [5.41, 5.74) is 2.31. The summed E-state index contributed by atoms with van der Waals surface area (Å²) in [6, 6.07) is 14.8. The van der Waals surface area contributed by atoms with Gasteiger partial charge in [0.05, 0.1) is 23.0 Å². The molecule has 26 heavy (non-hydrogen) atoms. The number of carbonyl (C=O) groups is 1. The molecule has 1 aliphatic rings. The Labute approximate surface area is 159 Å². The summed E-state index contributed by atoms with van der Waals surface area (Å²) in [6.07, 6.45) is 0.186. The second-order valence-corrected chi connectivity index (χ2v) is 7.18. The van der Waals surface area contributed by atoms with Gasteiger partial charge in [0.15, 0.2) is 0 Å². The Morgan fingerprint density at radius 1 is 1.23 bits per heavy atom. The highest BCUT2D eigenvalue weighted by Crippen LogP contribution is 2.39. The molecule has 2 aromatic carbocycles. The van der Waals surface area contributed by atoms with Crippen LogP contribution in [0.25, 0.3) is 11.3 Å². The normalized spacial score (nSPS) is 12.4. The molecule has 0 bridgehead atoms. The molecule has 0 spiro atoms. The first-order valence-corrected chi connectivity index (χ1v) is 9.25. The second-order valence-electron chi connectivity index (χ2n) is 5.72. The van der Waals surface area contributed by atoms with Crippen molar-refractivity contribution in [3.63, 3.8) is 0 Å². The molecule has 4 rings (SSSR count). The highest BCUT2D eigenvalue weighted by atomic mass is 35.5. The summed E-state index contributed by atoms with van der Waals surface area (Å²) >= 11 is 7.51. The van der Waals surface area contributed by atoms with Gasteiger partial charge in [-0.25, -0.2) is 9.78 Å². The predicted molar refractivity (Wildman–Crippen MR) is 103 cm³/mol. The van der Waals surface area contributed by atoms with Gasteiger partial charge in [0.1, 0.15) is 5.75 Å². The molecule has 0 radical (unpaired) electrons. The monoisotopic (exact) mass is 386 g/mol. The lowest BCUT2D eigenvalue weighted by Crippen LogP contribution is -2.29. The molecule has 7 heteroatoms. The Kier molecular flexibility index (Phi) is 4.53. The third-order valence-electron chi connectivity index (χ3n) is 4.07. The largest absolute Gasteiger partial charge is 0.493 e. The quantitative estimate of drug-likeness (QED) is 0.619. The Hall–Kier alpha value is -2.57. The van der Waals surface area contributed by atoms with Crippen LogP contribution in [0.1, 0.15) is 4.88 Å². The van der Waals surface area contributed by atoms with Crippen LogP contribution in [0.15, 0.2) is 48.5 Å². The van der Waals surface area contributed by atoms with Crippen molar-refractivity contribution in [2.24, 2.45) is 0 Å². The van der Waals surface area contributed by atoms with Crippen molar-refractivity contribution in [3.8, 4) is 22.2 Å². The topological polar surface area (TPSA) is 51.7 Å². The number of rotatable bonds is 2. The minimum absolute atomic E-state index is 0.315. The minimum atomic E-state index is -0.536. The van der Waals surface area contributed by atoms with Crippen LogP contribution in [0.2, 0.25) is 5.02 Å². The summed E-state index contributed by atoms with van der Waals surface area (Å²) in [6.45, 7) is 0.569. The molecule has 1 aromatic heterocycles. The first kappa shape index (κ1) is 16.9. The number of amides is 1. The molecule has 132 valence electrons. The zero-order valence-corrected chi connectivity index (χ0v) is 15.5. The van der Waals surface area contributed by atoms with E-state index in [1.165, 1.54) is 16.2 Å². The van der Waals surface area contributed by atoms with Crippen LogP contribution in [0.3, 0.4) is 0 Å². The van der Waals surface area contributed by atoms with Crippen molar-refractivity contribution < 1.29 is 14.3 Å². The summed E-state index contributed by atoms with van der Waals surface area (Å²) in [7, 11) is 1.62. The standard InChI is InChI=1S/C19H15ClN2O3S/c1-22(14-8-4-3-7-13(14)20)19(23)25-18-21-17-12-6-2-5-9-15(12)24-11-10-16(17)26-18/h2-9H,10-11H2,1H3. The van der Waals surface area contributed by atoms with Gasteiger partial charge in [-0.2, -0.15) is 0 Å². The van der Waals surface area contributed by atoms with Crippen molar-refractivity contribution in [1.82, 2.24) is 4.98 Å². The lowest BCUT2D eigenvalue weighted by atomic mass is 10.1. The van der Waals surface area contributed by atoms with E-state index in [0.29, 0.717) is 22.5 Å². The van der Waals surface area contributed by atoms with Gasteiger partial charge in [-0.15, -0.1) is 0 Å². The first-order chi connectivity index (χ1) is 12.6. The van der Waals surface area contributed by atoms with E-state index in [1.807, 2.05) is 36.4 Å². The summed E-state index contributed by atoms with van der Waals surface area (Å²) in [5.74, 6) is 0.794. The van der Waals surface area contributed by atoms with Crippen molar-refractivity contribution in [3.05, 3.63) is 58.4 Å². The van der Waals surface area contributed by atoms with Gasteiger partial charge in [0.25, 0.3) is 5.19 Å². The van der Waals surface area contributed by atoms with Crippen LogP contribution in [0.5, 0.6) is 10.9 Å². The van der Waals surface area contributed by atoms with Gasteiger partial charge in [-0.05, 0) is 24.3 Å². The highest BCUT2D eigenvalue weighted by Gasteiger charge is 2.23. The Balaban J connectivity index is 1.60. The summed E-state index contributed by atoms with van der Waals surface area (Å²) in [4.78, 5) is 19.4. The Morgan fingerprint density at radius 3 is 2.85 bits per heavy atom. The number of hydrogen-bond acceptors (Lipinski definition) is 5. The molecule has 3 aromatic rings. The highest BCUT2D eigenvalue weighted by molar-refractivity contribution is 7.14. The Morgan fingerprint density at radius 2 is 2.00 bits per heavy atom. The number of aromatic nitrogens is 1. The number of nitrogens with zero attached hydrogens (tertiary/aromatic N) is 2. The molecule has 1 amide bonds. The van der Waals surface area contributed by atoms with Crippen molar-refractivity contribution in [2.75, 3.05) is 18.6 Å². The predicted octanol–water partition coefficient (Wildman–Crippen LogP) is 5.03. The van der Waals surface area contributed by atoms with E-state index in [9.17, 15) is 4.79 Å². The van der Waals surface area contributed by atoms with Crippen LogP contribution < -0.4 is 14.4 Å². The molecule has 0 fully saturated rings. The van der Waals surface area contributed by atoms with Crippen LogP contribution in [-0.2, 0) is 6.42 Å². The average molecular weight is 387 g/mol. The lowest BCUT2D eigenvalue weighted by molar-refractivity contribution is 0.209. The molecular weight excluding hydrogens is 372 g/mol. The van der Waals surface area contributed by atoms with Crippen LogP contribution in [0.4, 0.5) is 10.5 Å². The molecule has 0 unspecified atom stereocenters. The molecule has 0 saturated carbocycles. The molecule has 0 saturated heterocycles. The summed E-state index contributed by atoms with van der Waals surface area (Å²) in [5, 5.41) is 0.795. The van der Waals surface area contributed by atoms with Crippen molar-refractivity contribution >= 4 is 34.7 Å². The molecule has 1 aliphatic heterocycles. The van der Waals surface area contributed by atoms with E-state index in [-0.39, 0.29) is 0 Å². The number of carbonyl (C=O) groups excluding carboxylic acids is 1. The smallest absolute Gasteiger partial charge is 0.421 e. The number of anilines is 1. The SMILES string of the molecule is CN(C(=O)Oc1nc2c(s1)CCOc1ccccc1-2)c1ccccc1Cl. The number of benzene rings is 2. The molecule has 5 nitrogen and oxygen atoms in total. The van der Waals surface area contributed by atoms with Gasteiger partial charge in [-0.1, -0.05) is 47.2 Å². The van der Waals surface area contributed by atoms with Gasteiger partial charge in [-0.3, -0.25) is 4.90 Å². The minimum Gasteiger partial charge on any atom is -0.493 e. The lowest BCUT2D eigenvalue weighted by Gasteiger charge is -2.16. The van der Waals surface area contributed by atoms with Crippen molar-refractivity contribution in [1.29, 1.82) is 0 Å². The fraction of sp³-hybridized carbons (Fsp3) is 0.158. The molecular formula is C19H15ClN2O3S. The van der Waals surface area contributed by atoms with E-state index in [0.717, 1.165) is 28.3 Å². The first-order valence-electron chi connectivity index (χ1n) is 8.05. The molecule has 0 N–H and O–H groups in total. The number of thiazole rings is 1. The summed E-state index contributed by atoms with van der Waals surface area (Å²) < 4.78 is 11.2. The third-order valence-corrected chi connectivity index (χ3v) is 5.38. The molecule has 0 aliphatic carbocycles. The van der Waals surface area contributed by atoms with Crippen LogP contribution >= 0.6 is 22.9 Å². The number of para-hydroxylation sites is 2. The van der Waals surface area contributed by atoms with Gasteiger partial charge < -0.3 is 9.47 Å². The second kappa shape index (κ2) is 6.97. The maximum Gasteiger partial charge on any atom is 0.421 e. The van der Waals surface area contributed by atoms with Crippen molar-refractivity contribution in [2.45, 2.75) is 6.42 Å². The van der Waals surface area contributed by atoms with Crippen LogP contribution in [0, 0.1) is 0 Å². The fourth-order valence-corrected chi connectivity index (χ4v) is 3.92. The van der Waals surface area contributed by atoms with E-state index in [4.69, 9.17) is 21.1 Å². The van der Waals surface area contributed by atoms with Gasteiger partial charge >= 0.3 is 6.09 Å². The van der Waals surface area contributed by atoms with E-state index in [1.54, 1.807) is 19.2 Å². The number of halogens is 1. The van der Waals surface area contributed by atoms with Gasteiger partial charge in [0, 0.05) is 23.9 Å². The van der Waals surface area contributed by atoms with Crippen LogP contribution in [-0.4, -0.2) is 24.7 Å².